The van der Waals surface area contributed by atoms with Gasteiger partial charge in [-0.25, -0.2) is 9.97 Å². The van der Waals surface area contributed by atoms with Gasteiger partial charge in [0, 0.05) is 43.3 Å². The number of hydrogen-bond donors (Lipinski definition) is 0. The molecule has 0 saturated heterocycles. The Hall–Kier alpha value is -7.44. The van der Waals surface area contributed by atoms with Gasteiger partial charge in [-0.15, -0.1) is 0 Å². The van der Waals surface area contributed by atoms with Gasteiger partial charge >= 0.3 is 0 Å². The van der Waals surface area contributed by atoms with E-state index in [4.69, 9.17) is 23.2 Å². The molecule has 0 N–H and O–H groups in total. The quantitative estimate of drug-likeness (QED) is 0.180. The fourth-order valence-corrected chi connectivity index (χ4v) is 8.94. The van der Waals surface area contributed by atoms with E-state index < -0.39 is 0 Å². The number of para-hydroxylation sites is 4. The van der Waals surface area contributed by atoms with Crippen LogP contribution in [-0.4, -0.2) is 14.5 Å². The molecular weight excluding hydrogens is 667 g/mol. The van der Waals surface area contributed by atoms with Crippen LogP contribution in [0.25, 0.3) is 127 Å². The van der Waals surface area contributed by atoms with Gasteiger partial charge in [-0.1, -0.05) is 115 Å². The third kappa shape index (κ3) is 3.54. The Labute approximate surface area is 305 Å². The molecule has 0 aliphatic carbocycles. The average molecular weight is 692 g/mol. The minimum atomic E-state index is 0.518. The highest BCUT2D eigenvalue weighted by Crippen LogP contribution is 2.48. The van der Waals surface area contributed by atoms with Crippen molar-refractivity contribution in [3.8, 4) is 17.2 Å². The topological polar surface area (TPSA) is 70.1 Å². The van der Waals surface area contributed by atoms with Gasteiger partial charge in [0.15, 0.2) is 11.2 Å². The van der Waals surface area contributed by atoms with E-state index in [0.29, 0.717) is 17.2 Å². The predicted molar refractivity (Wildman–Crippen MR) is 219 cm³/mol. The molecule has 0 saturated carbocycles. The summed E-state index contributed by atoms with van der Waals surface area (Å²) in [6.45, 7) is 0. The fraction of sp³-hybridized carbons (Fsp3) is 0. The SMILES string of the molecule is c1ccc2c(c1)ccc1c2c2c3ccccc3c3c4ccccc4oc3c2n1-c1nc(-c2cccc3c2oc2ccccc23)c2oc3ccccc3c2n1. The molecular formula is C48H25N3O3. The highest BCUT2D eigenvalue weighted by molar-refractivity contribution is 6.37. The number of hydrogen-bond acceptors (Lipinski definition) is 5. The molecule has 0 atom stereocenters. The summed E-state index contributed by atoms with van der Waals surface area (Å²) in [6, 6.07) is 52.4. The van der Waals surface area contributed by atoms with Crippen LogP contribution in [0.4, 0.5) is 0 Å². The second-order valence-electron chi connectivity index (χ2n) is 14.0. The van der Waals surface area contributed by atoms with Crippen LogP contribution in [0.2, 0.25) is 0 Å². The second kappa shape index (κ2) is 10.1. The van der Waals surface area contributed by atoms with Crippen molar-refractivity contribution in [1.29, 1.82) is 0 Å². The minimum Gasteiger partial charge on any atom is -0.455 e. The summed E-state index contributed by atoms with van der Waals surface area (Å²) in [5.41, 5.74) is 8.70. The maximum absolute atomic E-state index is 6.92. The fourth-order valence-electron chi connectivity index (χ4n) is 8.94. The van der Waals surface area contributed by atoms with Gasteiger partial charge in [0.25, 0.3) is 0 Å². The lowest BCUT2D eigenvalue weighted by atomic mass is 9.97. The summed E-state index contributed by atoms with van der Waals surface area (Å²) in [6.07, 6.45) is 0. The number of benzene rings is 8. The van der Waals surface area contributed by atoms with Crippen LogP contribution in [0.5, 0.6) is 0 Å². The molecule has 0 aliphatic heterocycles. The second-order valence-corrected chi connectivity index (χ2v) is 14.0. The Morgan fingerprint density at radius 2 is 0.981 bits per heavy atom. The minimum absolute atomic E-state index is 0.518. The Bertz CT molecular complexity index is 3750. The monoisotopic (exact) mass is 691 g/mol. The zero-order valence-corrected chi connectivity index (χ0v) is 28.5. The van der Waals surface area contributed by atoms with Crippen molar-refractivity contribution < 1.29 is 13.3 Å². The lowest BCUT2D eigenvalue weighted by Gasteiger charge is -2.10. The van der Waals surface area contributed by atoms with Crippen molar-refractivity contribution in [1.82, 2.24) is 14.5 Å². The van der Waals surface area contributed by atoms with Crippen molar-refractivity contribution in [2.24, 2.45) is 0 Å². The molecule has 54 heavy (non-hydrogen) atoms. The summed E-state index contributed by atoms with van der Waals surface area (Å²) in [5.74, 6) is 0.518. The Morgan fingerprint density at radius 1 is 0.389 bits per heavy atom. The average Bonchev–Trinajstić information content (AvgIpc) is 3.99. The number of aromatic nitrogens is 3. The van der Waals surface area contributed by atoms with Crippen LogP contribution in [-0.2, 0) is 0 Å². The standard InChI is InChI=1S/C48H25N3O3/c1-2-13-27-26(12-1)24-25-35-40(27)41-30-16-4-3-15-29(30)39-32-17-6-9-22-37(32)53-46(39)44(41)51(35)48-49-42-33-18-7-10-23-38(33)54-47(42)43(50-48)34-20-11-19-31-28-14-5-8-21-36(28)52-45(31)34/h1-25H. The highest BCUT2D eigenvalue weighted by atomic mass is 16.3. The van der Waals surface area contributed by atoms with Crippen LogP contribution >= 0.6 is 0 Å². The summed E-state index contributed by atoms with van der Waals surface area (Å²) in [5, 5.41) is 12.0. The van der Waals surface area contributed by atoms with Crippen molar-refractivity contribution in [3.05, 3.63) is 152 Å². The van der Waals surface area contributed by atoms with Crippen molar-refractivity contribution in [2.45, 2.75) is 0 Å². The molecule has 0 aliphatic rings. The van der Waals surface area contributed by atoms with Crippen LogP contribution in [0.3, 0.4) is 0 Å². The molecule has 6 nitrogen and oxygen atoms in total. The van der Waals surface area contributed by atoms with Crippen LogP contribution in [0.15, 0.2) is 165 Å². The first-order chi connectivity index (χ1) is 26.8. The van der Waals surface area contributed by atoms with E-state index in [1.807, 2.05) is 48.5 Å². The van der Waals surface area contributed by atoms with Crippen molar-refractivity contribution in [2.75, 3.05) is 0 Å². The van der Waals surface area contributed by atoms with E-state index >= 15 is 0 Å². The lowest BCUT2D eigenvalue weighted by Crippen LogP contribution is -2.03. The zero-order chi connectivity index (χ0) is 35.1. The van der Waals surface area contributed by atoms with Gasteiger partial charge in [0.2, 0.25) is 5.95 Å². The third-order valence-corrected chi connectivity index (χ3v) is 11.2. The smallest absolute Gasteiger partial charge is 0.236 e. The molecule has 0 unspecified atom stereocenters. The zero-order valence-electron chi connectivity index (χ0n) is 28.5. The molecule has 0 spiro atoms. The summed E-state index contributed by atoms with van der Waals surface area (Å²) >= 11 is 0. The molecule has 0 bridgehead atoms. The van der Waals surface area contributed by atoms with Gasteiger partial charge < -0.3 is 13.3 Å². The molecule has 5 aromatic heterocycles. The molecule has 250 valence electrons. The molecule has 13 aromatic rings. The van der Waals surface area contributed by atoms with Crippen LogP contribution in [0, 0.1) is 0 Å². The van der Waals surface area contributed by atoms with Gasteiger partial charge in [-0.05, 0) is 57.9 Å². The molecule has 6 heteroatoms. The van der Waals surface area contributed by atoms with Crippen LogP contribution in [0.1, 0.15) is 0 Å². The van der Waals surface area contributed by atoms with E-state index in [-0.39, 0.29) is 0 Å². The van der Waals surface area contributed by atoms with Gasteiger partial charge in [-0.3, -0.25) is 4.57 Å². The normalized spacial score (nSPS) is 12.4. The first-order valence-corrected chi connectivity index (χ1v) is 18.1. The van der Waals surface area contributed by atoms with E-state index in [1.54, 1.807) is 0 Å². The molecule has 8 aromatic carbocycles. The number of furan rings is 3. The van der Waals surface area contributed by atoms with E-state index in [1.165, 1.54) is 0 Å². The molecule has 0 fully saturated rings. The van der Waals surface area contributed by atoms with Gasteiger partial charge in [0.05, 0.1) is 5.52 Å². The summed E-state index contributed by atoms with van der Waals surface area (Å²) < 4.78 is 22.4. The first-order valence-electron chi connectivity index (χ1n) is 18.1. The maximum Gasteiger partial charge on any atom is 0.236 e. The summed E-state index contributed by atoms with van der Waals surface area (Å²) in [4.78, 5) is 10.9. The number of rotatable bonds is 2. The van der Waals surface area contributed by atoms with Gasteiger partial charge in [0.1, 0.15) is 39.1 Å². The Kier molecular flexibility index (Phi) is 5.28. The molecule has 5 heterocycles. The first kappa shape index (κ1) is 28.2. The predicted octanol–water partition coefficient (Wildman–Crippen LogP) is 13.2. The number of fused-ring (bicyclic) bond motifs is 18. The van der Waals surface area contributed by atoms with Crippen molar-refractivity contribution in [3.63, 3.8) is 0 Å². The number of nitrogens with zero attached hydrogens (tertiary/aromatic N) is 3. The Morgan fingerprint density at radius 3 is 1.80 bits per heavy atom. The largest absolute Gasteiger partial charge is 0.455 e. The molecule has 13 rings (SSSR count). The molecule has 0 radical (unpaired) electrons. The van der Waals surface area contributed by atoms with Crippen molar-refractivity contribution >= 4 is 109 Å². The van der Waals surface area contributed by atoms with E-state index in [9.17, 15) is 0 Å². The summed E-state index contributed by atoms with van der Waals surface area (Å²) in [7, 11) is 0. The molecule has 0 amide bonds. The third-order valence-electron chi connectivity index (χ3n) is 11.2. The maximum atomic E-state index is 6.92. The van der Waals surface area contributed by atoms with E-state index in [2.05, 4.69) is 108 Å². The van der Waals surface area contributed by atoms with Crippen LogP contribution < -0.4 is 0 Å². The van der Waals surface area contributed by atoms with E-state index in [0.717, 1.165) is 109 Å². The van der Waals surface area contributed by atoms with Gasteiger partial charge in [-0.2, -0.15) is 0 Å². The Balaban J connectivity index is 1.27. The lowest BCUT2D eigenvalue weighted by molar-refractivity contribution is 0.662. The highest BCUT2D eigenvalue weighted by Gasteiger charge is 2.27.